The number of benzene rings is 7. The molecule has 0 spiro atoms. The lowest BCUT2D eigenvalue weighted by Gasteiger charge is -2.15. The third-order valence-electron chi connectivity index (χ3n) is 12.4. The first-order valence-electron chi connectivity index (χ1n) is 22.6. The van der Waals surface area contributed by atoms with Crippen molar-refractivity contribution < 1.29 is 0 Å². The first-order valence-corrected chi connectivity index (χ1v) is 22.6. The fourth-order valence-electron chi connectivity index (χ4n) is 8.76. The summed E-state index contributed by atoms with van der Waals surface area (Å²) in [5.41, 5.74) is 22.2. The van der Waals surface area contributed by atoms with Gasteiger partial charge in [-0.15, -0.1) is 0 Å². The Balaban J connectivity index is 0.918. The minimum absolute atomic E-state index is 0.905. The molecule has 0 atom stereocenters. The molecule has 0 bridgehead atoms. The predicted molar refractivity (Wildman–Crippen MR) is 270 cm³/mol. The van der Waals surface area contributed by atoms with Crippen LogP contribution in [0, 0.1) is 6.92 Å². The van der Waals surface area contributed by atoms with Gasteiger partial charge in [0.25, 0.3) is 0 Å². The van der Waals surface area contributed by atoms with Crippen LogP contribution in [-0.4, -0.2) is 15.0 Å². The lowest BCUT2D eigenvalue weighted by atomic mass is 9.90. The van der Waals surface area contributed by atoms with Crippen molar-refractivity contribution in [3.63, 3.8) is 0 Å². The maximum Gasteiger partial charge on any atom is 0.0702 e. The zero-order valence-corrected chi connectivity index (χ0v) is 36.6. The summed E-state index contributed by atoms with van der Waals surface area (Å²) < 4.78 is 0. The summed E-state index contributed by atoms with van der Waals surface area (Å²) in [7, 11) is 0. The van der Waals surface area contributed by atoms with Gasteiger partial charge in [0.2, 0.25) is 0 Å². The van der Waals surface area contributed by atoms with E-state index >= 15 is 0 Å². The number of aromatic nitrogens is 3. The molecule has 0 aliphatic heterocycles. The first kappa shape index (κ1) is 41.0. The van der Waals surface area contributed by atoms with Crippen LogP contribution in [0.15, 0.2) is 231 Å². The molecule has 0 N–H and O–H groups in total. The van der Waals surface area contributed by atoms with Crippen LogP contribution >= 0.6 is 0 Å². The molecule has 3 aromatic heterocycles. The molecule has 3 heterocycles. The van der Waals surface area contributed by atoms with Gasteiger partial charge in [-0.05, 0) is 124 Å². The summed E-state index contributed by atoms with van der Waals surface area (Å²) in [5.74, 6) is 0. The summed E-state index contributed by atoms with van der Waals surface area (Å²) in [6, 6.07) is 75.8. The van der Waals surface area contributed by atoms with Crippen molar-refractivity contribution in [1.29, 1.82) is 0 Å². The van der Waals surface area contributed by atoms with Gasteiger partial charge >= 0.3 is 0 Å². The average molecular weight is 836 g/mol. The molecule has 3 nitrogen and oxygen atoms in total. The monoisotopic (exact) mass is 835 g/mol. The van der Waals surface area contributed by atoms with Crippen LogP contribution in [0.5, 0.6) is 0 Å². The van der Waals surface area contributed by atoms with E-state index in [1.165, 1.54) is 66.8 Å². The van der Waals surface area contributed by atoms with Crippen molar-refractivity contribution in [3.05, 3.63) is 259 Å². The van der Waals surface area contributed by atoms with Gasteiger partial charge in [0, 0.05) is 40.8 Å². The number of hydrogen-bond donors (Lipinski definition) is 0. The summed E-state index contributed by atoms with van der Waals surface area (Å²) in [5, 5.41) is 0. The fraction of sp³-hybridized carbons (Fsp3) is 0.0806. The van der Waals surface area contributed by atoms with E-state index in [1.807, 2.05) is 30.7 Å². The van der Waals surface area contributed by atoms with E-state index in [9.17, 15) is 0 Å². The molecule has 0 saturated carbocycles. The van der Waals surface area contributed by atoms with Crippen LogP contribution in [0.2, 0.25) is 0 Å². The highest BCUT2D eigenvalue weighted by molar-refractivity contribution is 5.84. The molecular formula is C62H49N3. The second-order valence-corrected chi connectivity index (χ2v) is 16.8. The molecule has 0 unspecified atom stereocenters. The maximum atomic E-state index is 5.08. The Morgan fingerprint density at radius 2 is 0.677 bits per heavy atom. The van der Waals surface area contributed by atoms with Gasteiger partial charge in [-0.3, -0.25) is 15.0 Å². The molecule has 0 saturated heterocycles. The van der Waals surface area contributed by atoms with Gasteiger partial charge in [0.05, 0.1) is 17.1 Å². The summed E-state index contributed by atoms with van der Waals surface area (Å²) >= 11 is 0. The molecule has 0 radical (unpaired) electrons. The van der Waals surface area contributed by atoms with Crippen LogP contribution in [0.1, 0.15) is 27.8 Å². The van der Waals surface area contributed by atoms with E-state index in [2.05, 4.69) is 207 Å². The van der Waals surface area contributed by atoms with E-state index in [1.54, 1.807) is 0 Å². The van der Waals surface area contributed by atoms with Gasteiger partial charge in [-0.1, -0.05) is 188 Å². The lowest BCUT2D eigenvalue weighted by molar-refractivity contribution is 0.923. The first-order chi connectivity index (χ1) is 32.1. The highest BCUT2D eigenvalue weighted by atomic mass is 14.7. The molecule has 10 rings (SSSR count). The number of nitrogens with zero attached hydrogens (tertiary/aromatic N) is 3. The van der Waals surface area contributed by atoms with Gasteiger partial charge in [-0.2, -0.15) is 0 Å². The molecule has 0 aliphatic carbocycles. The molecule has 65 heavy (non-hydrogen) atoms. The minimum atomic E-state index is 0.905. The standard InChI is InChI=1S/C62H49N3/c1-44-21-28-54(40-59(44)51-31-29-50(30-32-51)49-13-5-2-6-14-49)62-36-33-55(43-65-62)57-19-11-12-20-58(57)56-38-47(24-22-45-26-34-60(63-41-45)52-15-7-3-8-16-52)37-48(39-56)25-23-46-27-35-61(64-42-46)53-17-9-4-10-18-53/h2-21,26-43H,22-25H2,1H3. The summed E-state index contributed by atoms with van der Waals surface area (Å²) in [6.45, 7) is 2.18. The minimum Gasteiger partial charge on any atom is -0.256 e. The van der Waals surface area contributed by atoms with E-state index in [-0.39, 0.29) is 0 Å². The van der Waals surface area contributed by atoms with Crippen molar-refractivity contribution in [1.82, 2.24) is 15.0 Å². The third-order valence-corrected chi connectivity index (χ3v) is 12.4. The Morgan fingerprint density at radius 3 is 1.20 bits per heavy atom. The number of pyridine rings is 3. The molecule has 3 heteroatoms. The molecule has 312 valence electrons. The van der Waals surface area contributed by atoms with Gasteiger partial charge in [-0.25, -0.2) is 0 Å². The lowest BCUT2D eigenvalue weighted by Crippen LogP contribution is -1.98. The Hall–Kier alpha value is -8.01. The van der Waals surface area contributed by atoms with Crippen LogP contribution in [0.3, 0.4) is 0 Å². The number of aryl methyl sites for hydroxylation is 5. The molecule has 0 aliphatic rings. The van der Waals surface area contributed by atoms with Gasteiger partial charge < -0.3 is 0 Å². The van der Waals surface area contributed by atoms with E-state index in [0.29, 0.717) is 0 Å². The van der Waals surface area contributed by atoms with Crippen LogP contribution in [-0.2, 0) is 25.7 Å². The SMILES string of the molecule is Cc1ccc(-c2ccc(-c3ccccc3-c3cc(CCc4ccc(-c5ccccc5)nc4)cc(CCc4ccc(-c5ccccc5)nc4)c3)cn2)cc1-c1ccc(-c2ccccc2)cc1. The molecule has 10 aromatic rings. The molecule has 7 aromatic carbocycles. The average Bonchev–Trinajstić information content (AvgIpc) is 3.39. The van der Waals surface area contributed by atoms with Gasteiger partial charge in [0.1, 0.15) is 0 Å². The van der Waals surface area contributed by atoms with Crippen molar-refractivity contribution >= 4 is 0 Å². The van der Waals surface area contributed by atoms with Crippen molar-refractivity contribution in [2.45, 2.75) is 32.6 Å². The van der Waals surface area contributed by atoms with Crippen LogP contribution in [0.4, 0.5) is 0 Å². The van der Waals surface area contributed by atoms with E-state index in [4.69, 9.17) is 15.0 Å². The Labute approximate surface area is 382 Å². The van der Waals surface area contributed by atoms with Gasteiger partial charge in [0.15, 0.2) is 0 Å². The van der Waals surface area contributed by atoms with Crippen LogP contribution < -0.4 is 0 Å². The fourth-order valence-corrected chi connectivity index (χ4v) is 8.76. The second kappa shape index (κ2) is 19.2. The predicted octanol–water partition coefficient (Wildman–Crippen LogP) is 15.4. The molecular weight excluding hydrogens is 787 g/mol. The highest BCUT2D eigenvalue weighted by Gasteiger charge is 2.13. The van der Waals surface area contributed by atoms with Crippen molar-refractivity contribution in [3.8, 4) is 78.3 Å². The summed E-state index contributed by atoms with van der Waals surface area (Å²) in [4.78, 5) is 14.7. The highest BCUT2D eigenvalue weighted by Crippen LogP contribution is 2.36. The molecule has 0 amide bonds. The van der Waals surface area contributed by atoms with E-state index in [0.717, 1.165) is 65.0 Å². The normalized spacial score (nSPS) is 11.1. The van der Waals surface area contributed by atoms with E-state index < -0.39 is 0 Å². The zero-order valence-electron chi connectivity index (χ0n) is 36.6. The maximum absolute atomic E-state index is 5.08. The largest absolute Gasteiger partial charge is 0.256 e. The van der Waals surface area contributed by atoms with Crippen LogP contribution in [0.25, 0.3) is 78.3 Å². The Kier molecular flexibility index (Phi) is 12.1. The topological polar surface area (TPSA) is 38.7 Å². The quantitative estimate of drug-likeness (QED) is 0.116. The second-order valence-electron chi connectivity index (χ2n) is 16.8. The van der Waals surface area contributed by atoms with Crippen molar-refractivity contribution in [2.75, 3.05) is 0 Å². The Bertz CT molecular complexity index is 3040. The zero-order chi connectivity index (χ0) is 43.8. The molecule has 0 fully saturated rings. The van der Waals surface area contributed by atoms with Crippen molar-refractivity contribution in [2.24, 2.45) is 0 Å². The Morgan fingerprint density at radius 1 is 0.262 bits per heavy atom. The summed E-state index contributed by atoms with van der Waals surface area (Å²) in [6.07, 6.45) is 9.73. The number of rotatable bonds is 13. The smallest absolute Gasteiger partial charge is 0.0702 e. The number of hydrogen-bond acceptors (Lipinski definition) is 3. The third kappa shape index (κ3) is 9.66.